The van der Waals surface area contributed by atoms with Gasteiger partial charge in [0.1, 0.15) is 11.6 Å². The van der Waals surface area contributed by atoms with Gasteiger partial charge in [0.15, 0.2) is 0 Å². The molecule has 0 aromatic heterocycles. The van der Waals surface area contributed by atoms with Gasteiger partial charge in [-0.1, -0.05) is 6.07 Å². The van der Waals surface area contributed by atoms with E-state index < -0.39 is 17.5 Å². The van der Waals surface area contributed by atoms with Crippen molar-refractivity contribution in [3.63, 3.8) is 0 Å². The van der Waals surface area contributed by atoms with Crippen LogP contribution < -0.4 is 5.32 Å². The SMILES string of the molecule is N#Cc1ccc(NC(=O)c2c(F)cccc2Br)c(F)c1. The number of hydrogen-bond acceptors (Lipinski definition) is 2. The zero-order chi connectivity index (χ0) is 14.7. The molecular formula is C14H7BrF2N2O. The fourth-order valence-corrected chi connectivity index (χ4v) is 2.11. The highest BCUT2D eigenvalue weighted by Gasteiger charge is 2.17. The normalized spacial score (nSPS) is 9.90. The maximum absolute atomic E-state index is 13.6. The van der Waals surface area contributed by atoms with Gasteiger partial charge in [-0.15, -0.1) is 0 Å². The zero-order valence-electron chi connectivity index (χ0n) is 9.95. The lowest BCUT2D eigenvalue weighted by molar-refractivity contribution is 0.102. The molecule has 0 aliphatic carbocycles. The molecule has 2 rings (SSSR count). The second-order valence-corrected chi connectivity index (χ2v) is 4.71. The number of benzene rings is 2. The summed E-state index contributed by atoms with van der Waals surface area (Å²) >= 11 is 3.06. The number of hydrogen-bond donors (Lipinski definition) is 1. The molecule has 1 amide bonds. The van der Waals surface area contributed by atoms with Crippen molar-refractivity contribution >= 4 is 27.5 Å². The van der Waals surface area contributed by atoms with E-state index in [2.05, 4.69) is 21.2 Å². The van der Waals surface area contributed by atoms with Gasteiger partial charge in [-0.25, -0.2) is 8.78 Å². The van der Waals surface area contributed by atoms with E-state index in [0.29, 0.717) is 0 Å². The van der Waals surface area contributed by atoms with Gasteiger partial charge >= 0.3 is 0 Å². The monoisotopic (exact) mass is 336 g/mol. The lowest BCUT2D eigenvalue weighted by Crippen LogP contribution is -2.15. The highest BCUT2D eigenvalue weighted by Crippen LogP contribution is 2.22. The van der Waals surface area contributed by atoms with Gasteiger partial charge in [0, 0.05) is 4.47 Å². The lowest BCUT2D eigenvalue weighted by atomic mass is 10.1. The van der Waals surface area contributed by atoms with Gasteiger partial charge in [-0.05, 0) is 46.3 Å². The van der Waals surface area contributed by atoms with Crippen molar-refractivity contribution in [3.05, 3.63) is 63.6 Å². The standard InChI is InChI=1S/C14H7BrF2N2O/c15-9-2-1-3-10(16)13(9)14(20)19-12-5-4-8(7-18)6-11(12)17/h1-6H,(H,19,20). The van der Waals surface area contributed by atoms with Crippen LogP contribution in [0.25, 0.3) is 0 Å². The third kappa shape index (κ3) is 2.83. The molecule has 3 nitrogen and oxygen atoms in total. The summed E-state index contributed by atoms with van der Waals surface area (Å²) in [7, 11) is 0. The largest absolute Gasteiger partial charge is 0.319 e. The number of nitriles is 1. The number of carbonyl (C=O) groups excluding carboxylic acids is 1. The summed E-state index contributed by atoms with van der Waals surface area (Å²) in [4.78, 5) is 11.9. The third-order valence-electron chi connectivity index (χ3n) is 2.54. The van der Waals surface area contributed by atoms with E-state index in [4.69, 9.17) is 5.26 Å². The van der Waals surface area contributed by atoms with Gasteiger partial charge in [-0.2, -0.15) is 5.26 Å². The Labute approximate surface area is 122 Å². The minimum absolute atomic E-state index is 0.121. The van der Waals surface area contributed by atoms with Crippen molar-refractivity contribution in [2.75, 3.05) is 5.32 Å². The first-order valence-electron chi connectivity index (χ1n) is 5.48. The Morgan fingerprint density at radius 3 is 2.55 bits per heavy atom. The maximum atomic E-state index is 13.6. The molecular weight excluding hydrogens is 330 g/mol. The van der Waals surface area contributed by atoms with E-state index in [1.54, 1.807) is 6.07 Å². The molecule has 0 heterocycles. The van der Waals surface area contributed by atoms with E-state index in [1.807, 2.05) is 0 Å². The minimum Gasteiger partial charge on any atom is -0.319 e. The molecule has 0 aliphatic heterocycles. The first-order valence-corrected chi connectivity index (χ1v) is 6.27. The summed E-state index contributed by atoms with van der Waals surface area (Å²) < 4.78 is 27.5. The molecule has 0 spiro atoms. The van der Waals surface area contributed by atoms with E-state index in [0.717, 1.165) is 12.1 Å². The highest BCUT2D eigenvalue weighted by molar-refractivity contribution is 9.10. The number of nitrogens with one attached hydrogen (secondary N) is 1. The van der Waals surface area contributed by atoms with Gasteiger partial charge < -0.3 is 5.32 Å². The van der Waals surface area contributed by atoms with Crippen molar-refractivity contribution in [3.8, 4) is 6.07 Å². The van der Waals surface area contributed by atoms with Crippen LogP contribution in [0.2, 0.25) is 0 Å². The third-order valence-corrected chi connectivity index (χ3v) is 3.20. The topological polar surface area (TPSA) is 52.9 Å². The number of anilines is 1. The Morgan fingerprint density at radius 2 is 1.95 bits per heavy atom. The van der Waals surface area contributed by atoms with Crippen LogP contribution in [0.4, 0.5) is 14.5 Å². The van der Waals surface area contributed by atoms with Crippen LogP contribution in [0, 0.1) is 23.0 Å². The molecule has 2 aromatic rings. The van der Waals surface area contributed by atoms with E-state index in [1.165, 1.54) is 24.3 Å². The van der Waals surface area contributed by atoms with Crippen LogP contribution in [0.15, 0.2) is 40.9 Å². The van der Waals surface area contributed by atoms with Crippen LogP contribution >= 0.6 is 15.9 Å². The van der Waals surface area contributed by atoms with Crippen LogP contribution in [0.5, 0.6) is 0 Å². The molecule has 0 fully saturated rings. The number of amides is 1. The van der Waals surface area contributed by atoms with E-state index in [9.17, 15) is 13.6 Å². The summed E-state index contributed by atoms with van der Waals surface area (Å²) in [5.41, 5.74) is -0.201. The molecule has 0 atom stereocenters. The fraction of sp³-hybridized carbons (Fsp3) is 0. The molecule has 0 aliphatic rings. The average Bonchev–Trinajstić information content (AvgIpc) is 2.41. The molecule has 1 N–H and O–H groups in total. The maximum Gasteiger partial charge on any atom is 0.259 e. The Morgan fingerprint density at radius 1 is 1.20 bits per heavy atom. The number of halogens is 3. The van der Waals surface area contributed by atoms with Crippen LogP contribution in [-0.4, -0.2) is 5.91 Å². The Hall–Kier alpha value is -2.26. The van der Waals surface area contributed by atoms with Crippen LogP contribution in [-0.2, 0) is 0 Å². The molecule has 100 valence electrons. The summed E-state index contributed by atoms with van der Waals surface area (Å²) in [5.74, 6) is -2.26. The Bertz CT molecular complexity index is 705. The molecule has 0 unspecified atom stereocenters. The Kier molecular flexibility index (Phi) is 4.11. The summed E-state index contributed by atoms with van der Waals surface area (Å²) in [6, 6.07) is 9.46. The predicted octanol–water partition coefficient (Wildman–Crippen LogP) is 3.85. The predicted molar refractivity (Wildman–Crippen MR) is 73.2 cm³/mol. The first kappa shape index (κ1) is 14.2. The second-order valence-electron chi connectivity index (χ2n) is 3.86. The van der Waals surface area contributed by atoms with Crippen LogP contribution in [0.1, 0.15) is 15.9 Å². The average molecular weight is 337 g/mol. The lowest BCUT2D eigenvalue weighted by Gasteiger charge is -2.08. The summed E-state index contributed by atoms with van der Waals surface area (Å²) in [5, 5.41) is 10.9. The Balaban J connectivity index is 2.31. The second kappa shape index (κ2) is 5.80. The molecule has 2 aromatic carbocycles. The molecule has 0 bridgehead atoms. The minimum atomic E-state index is -0.779. The van der Waals surface area contributed by atoms with E-state index >= 15 is 0 Å². The van der Waals surface area contributed by atoms with Gasteiger partial charge in [-0.3, -0.25) is 4.79 Å². The summed E-state index contributed by atoms with van der Waals surface area (Å²) in [6.07, 6.45) is 0. The number of nitrogens with zero attached hydrogens (tertiary/aromatic N) is 1. The molecule has 0 saturated heterocycles. The van der Waals surface area contributed by atoms with Crippen LogP contribution in [0.3, 0.4) is 0 Å². The smallest absolute Gasteiger partial charge is 0.259 e. The van der Waals surface area contributed by atoms with Crippen molar-refractivity contribution in [2.45, 2.75) is 0 Å². The van der Waals surface area contributed by atoms with Crippen molar-refractivity contribution in [2.24, 2.45) is 0 Å². The summed E-state index contributed by atoms with van der Waals surface area (Å²) in [6.45, 7) is 0. The fourth-order valence-electron chi connectivity index (χ4n) is 1.59. The number of rotatable bonds is 2. The molecule has 0 radical (unpaired) electrons. The first-order chi connectivity index (χ1) is 9.52. The molecule has 6 heteroatoms. The van der Waals surface area contributed by atoms with Gasteiger partial charge in [0.2, 0.25) is 0 Å². The van der Waals surface area contributed by atoms with Crippen molar-refractivity contribution < 1.29 is 13.6 Å². The molecule has 20 heavy (non-hydrogen) atoms. The van der Waals surface area contributed by atoms with E-state index in [-0.39, 0.29) is 21.3 Å². The molecule has 0 saturated carbocycles. The van der Waals surface area contributed by atoms with Gasteiger partial charge in [0.25, 0.3) is 5.91 Å². The van der Waals surface area contributed by atoms with Crippen molar-refractivity contribution in [1.29, 1.82) is 5.26 Å². The quantitative estimate of drug-likeness (QED) is 0.905. The number of carbonyl (C=O) groups is 1. The van der Waals surface area contributed by atoms with Crippen molar-refractivity contribution in [1.82, 2.24) is 0 Å². The zero-order valence-corrected chi connectivity index (χ0v) is 11.5. The highest BCUT2D eigenvalue weighted by atomic mass is 79.9. The van der Waals surface area contributed by atoms with Gasteiger partial charge in [0.05, 0.1) is 22.9 Å².